The molecule has 0 fully saturated rings. The Labute approximate surface area is 259 Å². The molecule has 4 unspecified atom stereocenters. The maximum Gasteiger partial charge on any atom is 0.209 e. The number of carbonyl (C=O) groups is 2. The van der Waals surface area contributed by atoms with Gasteiger partial charge in [-0.05, 0) is 78.4 Å². The van der Waals surface area contributed by atoms with Crippen LogP contribution in [0.25, 0.3) is 10.1 Å². The van der Waals surface area contributed by atoms with E-state index in [-0.39, 0.29) is 41.6 Å². The molecular weight excluding hydrogens is 582 g/mol. The molecule has 0 bridgehead atoms. The lowest BCUT2D eigenvalue weighted by atomic mass is 9.83. The number of aliphatic hydroxyl groups is 1. The van der Waals surface area contributed by atoms with E-state index in [1.165, 1.54) is 28.7 Å². The minimum Gasteiger partial charge on any atom is -0.388 e. The molecule has 0 saturated heterocycles. The number of hydrogen-bond donors (Lipinski definition) is 1. The molecule has 4 atom stereocenters. The van der Waals surface area contributed by atoms with Crippen LogP contribution in [0.15, 0.2) is 58.6 Å². The van der Waals surface area contributed by atoms with Crippen LogP contribution in [0, 0.1) is 24.6 Å². The molecule has 3 heterocycles. The normalized spacial score (nSPS) is 20.1. The average molecular weight is 618 g/mol. The van der Waals surface area contributed by atoms with Gasteiger partial charge in [-0.25, -0.2) is 14.4 Å². The lowest BCUT2D eigenvalue weighted by Gasteiger charge is -2.24. The lowest BCUT2D eigenvalue weighted by Crippen LogP contribution is -2.32. The summed E-state index contributed by atoms with van der Waals surface area (Å²) in [4.78, 5) is 41.8. The van der Waals surface area contributed by atoms with Crippen molar-refractivity contribution in [2.45, 2.75) is 65.9 Å². The standard InChI is InChI=1S/C34H36FN3O3S2/c1-18(10-13-28(40)30-14-23-8-6-7-9-29(23)42-30)32-21(4)24(11-12-25(32)35)26-15-27(33(41)20(3)19(2)16-36-26)38-34-37-17-31(43-34)22(5)39/h6-9,11-12,14,17-20,22,39H,10,13,15-16H2,1-5H3. The van der Waals surface area contributed by atoms with Crippen molar-refractivity contribution in [1.29, 1.82) is 0 Å². The second-order valence-corrected chi connectivity index (χ2v) is 13.6. The van der Waals surface area contributed by atoms with E-state index < -0.39 is 6.10 Å². The SMILES string of the molecule is Cc1c(C2=NCC(C)C(C)C(=O)C(=Nc3ncc(C(C)O)s3)C2)ccc(F)c1C(C)CCC(=O)c1cc2ccccc2s1. The Hall–Kier alpha value is -3.40. The van der Waals surface area contributed by atoms with Crippen LogP contribution in [0.5, 0.6) is 0 Å². The van der Waals surface area contributed by atoms with Crippen molar-refractivity contribution < 1.29 is 19.1 Å². The third-order valence-corrected chi connectivity index (χ3v) is 10.6. The summed E-state index contributed by atoms with van der Waals surface area (Å²) in [6, 6.07) is 13.1. The fourth-order valence-corrected chi connectivity index (χ4v) is 7.27. The summed E-state index contributed by atoms with van der Waals surface area (Å²) in [6.45, 7) is 9.88. The van der Waals surface area contributed by atoms with Crippen molar-refractivity contribution >= 4 is 60.9 Å². The predicted octanol–water partition coefficient (Wildman–Crippen LogP) is 8.43. The van der Waals surface area contributed by atoms with Crippen molar-refractivity contribution in [3.63, 3.8) is 0 Å². The van der Waals surface area contributed by atoms with E-state index in [0.717, 1.165) is 26.1 Å². The zero-order chi connectivity index (χ0) is 30.8. The molecule has 1 aliphatic heterocycles. The molecular formula is C34H36FN3O3S2. The number of thiophene rings is 1. The molecule has 224 valence electrons. The van der Waals surface area contributed by atoms with Gasteiger partial charge in [-0.1, -0.05) is 50.3 Å². The van der Waals surface area contributed by atoms with Gasteiger partial charge in [-0.15, -0.1) is 11.3 Å². The molecule has 0 radical (unpaired) electrons. The van der Waals surface area contributed by atoms with E-state index >= 15 is 4.39 Å². The highest BCUT2D eigenvalue weighted by Gasteiger charge is 2.30. The highest BCUT2D eigenvalue weighted by Crippen LogP contribution is 2.33. The monoisotopic (exact) mass is 617 g/mol. The maximum absolute atomic E-state index is 15.4. The number of aliphatic imine (C=N–C) groups is 2. The van der Waals surface area contributed by atoms with E-state index in [4.69, 9.17) is 4.99 Å². The average Bonchev–Trinajstić information content (AvgIpc) is 3.64. The zero-order valence-electron chi connectivity index (χ0n) is 25.1. The van der Waals surface area contributed by atoms with Gasteiger partial charge < -0.3 is 5.11 Å². The van der Waals surface area contributed by atoms with Gasteiger partial charge in [0.05, 0.1) is 21.6 Å². The fraction of sp³-hybridized carbons (Fsp3) is 0.382. The van der Waals surface area contributed by atoms with Gasteiger partial charge in [-0.3, -0.25) is 14.6 Å². The minimum atomic E-state index is -0.668. The number of halogens is 1. The van der Waals surface area contributed by atoms with Gasteiger partial charge in [0.1, 0.15) is 5.82 Å². The third-order valence-electron chi connectivity index (χ3n) is 8.38. The summed E-state index contributed by atoms with van der Waals surface area (Å²) in [7, 11) is 0. The van der Waals surface area contributed by atoms with Crippen LogP contribution >= 0.6 is 22.7 Å². The molecule has 0 spiro atoms. The smallest absolute Gasteiger partial charge is 0.209 e. The largest absolute Gasteiger partial charge is 0.388 e. The molecule has 2 aromatic heterocycles. The van der Waals surface area contributed by atoms with Crippen LogP contribution in [0.4, 0.5) is 9.52 Å². The molecule has 1 aliphatic rings. The van der Waals surface area contributed by atoms with Crippen molar-refractivity contribution in [3.05, 3.63) is 80.9 Å². The number of thiazole rings is 1. The molecule has 43 heavy (non-hydrogen) atoms. The predicted molar refractivity (Wildman–Crippen MR) is 174 cm³/mol. The van der Waals surface area contributed by atoms with Gasteiger partial charge in [0.2, 0.25) is 5.13 Å². The van der Waals surface area contributed by atoms with E-state index in [0.29, 0.717) is 46.4 Å². The first-order valence-electron chi connectivity index (χ1n) is 14.6. The zero-order valence-corrected chi connectivity index (χ0v) is 26.7. The van der Waals surface area contributed by atoms with Crippen molar-refractivity contribution in [3.8, 4) is 0 Å². The second kappa shape index (κ2) is 13.1. The Morgan fingerprint density at radius 3 is 2.65 bits per heavy atom. The van der Waals surface area contributed by atoms with Crippen LogP contribution in [-0.2, 0) is 4.79 Å². The maximum atomic E-state index is 15.4. The lowest BCUT2D eigenvalue weighted by molar-refractivity contribution is -0.117. The first kappa shape index (κ1) is 31.0. The highest BCUT2D eigenvalue weighted by molar-refractivity contribution is 7.20. The molecule has 0 saturated carbocycles. The number of hydrogen-bond acceptors (Lipinski definition) is 8. The molecule has 0 aliphatic carbocycles. The van der Waals surface area contributed by atoms with E-state index in [1.54, 1.807) is 19.2 Å². The van der Waals surface area contributed by atoms with Crippen molar-refractivity contribution in [2.24, 2.45) is 21.8 Å². The van der Waals surface area contributed by atoms with Crippen LogP contribution in [-0.4, -0.2) is 39.6 Å². The number of ketones is 2. The number of Topliss-reactive ketones (excluding diaryl/α,β-unsaturated/α-hetero) is 2. The van der Waals surface area contributed by atoms with Gasteiger partial charge in [0.25, 0.3) is 0 Å². The van der Waals surface area contributed by atoms with Gasteiger partial charge in [0.15, 0.2) is 11.6 Å². The third kappa shape index (κ3) is 6.74. The summed E-state index contributed by atoms with van der Waals surface area (Å²) in [5.74, 6) is -0.762. The Bertz CT molecular complexity index is 1700. The van der Waals surface area contributed by atoms with Crippen LogP contribution in [0.2, 0.25) is 0 Å². The van der Waals surface area contributed by atoms with Gasteiger partial charge >= 0.3 is 0 Å². The summed E-state index contributed by atoms with van der Waals surface area (Å²) in [5, 5.41) is 11.4. The fourth-order valence-electron chi connectivity index (χ4n) is 5.49. The van der Waals surface area contributed by atoms with E-state index in [9.17, 15) is 14.7 Å². The number of nitrogens with zero attached hydrogens (tertiary/aromatic N) is 3. The molecule has 4 aromatic rings. The van der Waals surface area contributed by atoms with Gasteiger partial charge in [-0.2, -0.15) is 0 Å². The molecule has 5 rings (SSSR count). The molecule has 1 N–H and O–H groups in total. The Morgan fingerprint density at radius 2 is 1.93 bits per heavy atom. The number of carbonyl (C=O) groups excluding carboxylic acids is 2. The Balaban J connectivity index is 1.41. The summed E-state index contributed by atoms with van der Waals surface area (Å²) in [5.41, 5.74) is 3.16. The number of benzene rings is 2. The quantitative estimate of drug-likeness (QED) is 0.201. The van der Waals surface area contributed by atoms with E-state index in [2.05, 4.69) is 9.98 Å². The summed E-state index contributed by atoms with van der Waals surface area (Å²) < 4.78 is 16.4. The number of aliphatic hydroxyl groups excluding tert-OH is 1. The number of aromatic nitrogens is 1. The van der Waals surface area contributed by atoms with Gasteiger partial charge in [0, 0.05) is 41.9 Å². The molecule has 9 heteroatoms. The van der Waals surface area contributed by atoms with E-state index in [1.807, 2.05) is 58.0 Å². The summed E-state index contributed by atoms with van der Waals surface area (Å²) in [6.07, 6.45) is 1.94. The van der Waals surface area contributed by atoms with Crippen LogP contribution < -0.4 is 0 Å². The van der Waals surface area contributed by atoms with Crippen molar-refractivity contribution in [1.82, 2.24) is 4.98 Å². The Morgan fingerprint density at radius 1 is 1.16 bits per heavy atom. The first-order valence-corrected chi connectivity index (χ1v) is 16.3. The molecule has 0 amide bonds. The van der Waals surface area contributed by atoms with Crippen molar-refractivity contribution in [2.75, 3.05) is 6.54 Å². The van der Waals surface area contributed by atoms with Crippen LogP contribution in [0.3, 0.4) is 0 Å². The topological polar surface area (TPSA) is 92.0 Å². The minimum absolute atomic E-state index is 0.00335. The Kier molecular flexibility index (Phi) is 9.44. The number of rotatable bonds is 8. The number of fused-ring (bicyclic) bond motifs is 1. The highest BCUT2D eigenvalue weighted by atomic mass is 32.1. The molecule has 6 nitrogen and oxygen atoms in total. The summed E-state index contributed by atoms with van der Waals surface area (Å²) >= 11 is 2.74. The first-order chi connectivity index (χ1) is 20.5. The van der Waals surface area contributed by atoms with Crippen LogP contribution in [0.1, 0.15) is 90.2 Å². The second-order valence-electron chi connectivity index (χ2n) is 11.5. The molecule has 2 aromatic carbocycles.